The van der Waals surface area contributed by atoms with Crippen LogP contribution in [0.4, 0.5) is 0 Å². The van der Waals surface area contributed by atoms with Gasteiger partial charge in [-0.05, 0) is 37.5 Å². The highest BCUT2D eigenvalue weighted by Crippen LogP contribution is 2.47. The maximum Gasteiger partial charge on any atom is 0.123 e. The monoisotopic (exact) mass is 197 g/mol. The fourth-order valence-electron chi connectivity index (χ4n) is 1.52. The Morgan fingerprint density at radius 2 is 2.08 bits per heavy atom. The Morgan fingerprint density at radius 3 is 2.62 bits per heavy atom. The lowest BCUT2D eigenvalue weighted by Gasteiger charge is -2.13. The molecule has 3 heteroatoms. The van der Waals surface area contributed by atoms with E-state index in [2.05, 4.69) is 0 Å². The summed E-state index contributed by atoms with van der Waals surface area (Å²) < 4.78 is 0. The van der Waals surface area contributed by atoms with E-state index < -0.39 is 0 Å². The standard InChI is InChI=1S/C10H12ClNO/c1-6-4-7(11)5-8(9(6)13)10(12)2-3-10/h4-5,13H,2-3,12H2,1H3. The van der Waals surface area contributed by atoms with E-state index in [4.69, 9.17) is 17.3 Å². The molecular weight excluding hydrogens is 186 g/mol. The van der Waals surface area contributed by atoms with Crippen molar-refractivity contribution in [1.29, 1.82) is 0 Å². The van der Waals surface area contributed by atoms with Crippen LogP contribution in [0, 0.1) is 6.92 Å². The molecule has 0 amide bonds. The predicted molar refractivity (Wildman–Crippen MR) is 53.0 cm³/mol. The van der Waals surface area contributed by atoms with Gasteiger partial charge in [0.05, 0.1) is 0 Å². The average molecular weight is 198 g/mol. The molecule has 1 fully saturated rings. The molecule has 2 rings (SSSR count). The number of halogens is 1. The molecule has 0 aromatic heterocycles. The van der Waals surface area contributed by atoms with Crippen molar-refractivity contribution >= 4 is 11.6 Å². The molecule has 0 unspecified atom stereocenters. The summed E-state index contributed by atoms with van der Waals surface area (Å²) in [4.78, 5) is 0. The molecule has 0 radical (unpaired) electrons. The number of rotatable bonds is 1. The van der Waals surface area contributed by atoms with E-state index in [1.807, 2.05) is 6.92 Å². The first-order chi connectivity index (χ1) is 6.03. The number of nitrogens with two attached hydrogens (primary N) is 1. The van der Waals surface area contributed by atoms with E-state index in [1.165, 1.54) is 0 Å². The van der Waals surface area contributed by atoms with Crippen molar-refractivity contribution in [3.05, 3.63) is 28.3 Å². The van der Waals surface area contributed by atoms with Crippen molar-refractivity contribution < 1.29 is 5.11 Å². The van der Waals surface area contributed by atoms with Crippen molar-refractivity contribution in [2.75, 3.05) is 0 Å². The third-order valence-corrected chi connectivity index (χ3v) is 2.81. The first kappa shape index (κ1) is 8.85. The number of aromatic hydroxyl groups is 1. The van der Waals surface area contributed by atoms with Gasteiger partial charge in [-0.25, -0.2) is 0 Å². The summed E-state index contributed by atoms with van der Waals surface area (Å²) in [7, 11) is 0. The van der Waals surface area contributed by atoms with E-state index in [0.717, 1.165) is 24.0 Å². The molecule has 0 heterocycles. The van der Waals surface area contributed by atoms with E-state index in [0.29, 0.717) is 10.8 Å². The number of phenolic OH excluding ortho intramolecular Hbond substituents is 1. The molecule has 0 atom stereocenters. The van der Waals surface area contributed by atoms with Crippen LogP contribution in [-0.2, 0) is 5.54 Å². The zero-order chi connectivity index (χ0) is 9.64. The van der Waals surface area contributed by atoms with E-state index in [1.54, 1.807) is 12.1 Å². The summed E-state index contributed by atoms with van der Waals surface area (Å²) >= 11 is 5.89. The minimum Gasteiger partial charge on any atom is -0.507 e. The molecule has 0 aliphatic heterocycles. The van der Waals surface area contributed by atoms with Crippen molar-refractivity contribution in [2.45, 2.75) is 25.3 Å². The number of hydrogen-bond donors (Lipinski definition) is 2. The third kappa shape index (κ3) is 1.40. The Balaban J connectivity index is 2.56. The van der Waals surface area contributed by atoms with Gasteiger partial charge in [0, 0.05) is 16.1 Å². The van der Waals surface area contributed by atoms with Crippen molar-refractivity contribution in [3.8, 4) is 5.75 Å². The van der Waals surface area contributed by atoms with Gasteiger partial charge in [-0.1, -0.05) is 11.6 Å². The minimum absolute atomic E-state index is 0.296. The van der Waals surface area contributed by atoms with Gasteiger partial charge < -0.3 is 10.8 Å². The molecule has 1 aromatic carbocycles. The fraction of sp³-hybridized carbons (Fsp3) is 0.400. The first-order valence-corrected chi connectivity index (χ1v) is 4.69. The van der Waals surface area contributed by atoms with Gasteiger partial charge in [-0.2, -0.15) is 0 Å². The summed E-state index contributed by atoms with van der Waals surface area (Å²) in [5.41, 5.74) is 7.25. The normalized spacial score (nSPS) is 18.7. The van der Waals surface area contributed by atoms with Crippen molar-refractivity contribution in [2.24, 2.45) is 5.73 Å². The van der Waals surface area contributed by atoms with Gasteiger partial charge >= 0.3 is 0 Å². The van der Waals surface area contributed by atoms with Crippen LogP contribution < -0.4 is 5.73 Å². The highest BCUT2D eigenvalue weighted by Gasteiger charge is 2.42. The topological polar surface area (TPSA) is 46.2 Å². The quantitative estimate of drug-likeness (QED) is 0.726. The Labute approximate surface area is 82.3 Å². The van der Waals surface area contributed by atoms with Crippen LogP contribution in [0.1, 0.15) is 24.0 Å². The lowest BCUT2D eigenvalue weighted by Crippen LogP contribution is -2.19. The molecule has 2 nitrogen and oxygen atoms in total. The smallest absolute Gasteiger partial charge is 0.123 e. The van der Waals surface area contributed by atoms with Gasteiger partial charge in [0.2, 0.25) is 0 Å². The third-order valence-electron chi connectivity index (χ3n) is 2.59. The van der Waals surface area contributed by atoms with E-state index in [-0.39, 0.29) is 5.54 Å². The molecule has 1 aliphatic rings. The van der Waals surface area contributed by atoms with Gasteiger partial charge in [0.1, 0.15) is 5.75 Å². The van der Waals surface area contributed by atoms with Crippen LogP contribution in [0.15, 0.2) is 12.1 Å². The van der Waals surface area contributed by atoms with Crippen LogP contribution in [0.5, 0.6) is 5.75 Å². The van der Waals surface area contributed by atoms with E-state index in [9.17, 15) is 5.11 Å². The molecule has 3 N–H and O–H groups in total. The van der Waals surface area contributed by atoms with Gasteiger partial charge in [0.25, 0.3) is 0 Å². The van der Waals surface area contributed by atoms with Gasteiger partial charge in [0.15, 0.2) is 0 Å². The maximum atomic E-state index is 9.76. The molecule has 0 spiro atoms. The highest BCUT2D eigenvalue weighted by atomic mass is 35.5. The summed E-state index contributed by atoms with van der Waals surface area (Å²) in [5, 5.41) is 10.4. The maximum absolute atomic E-state index is 9.76. The van der Waals surface area contributed by atoms with Crippen molar-refractivity contribution in [3.63, 3.8) is 0 Å². The van der Waals surface area contributed by atoms with Crippen LogP contribution in [0.3, 0.4) is 0 Å². The molecule has 1 aliphatic carbocycles. The second-order valence-corrected chi connectivity index (χ2v) is 4.21. The lowest BCUT2D eigenvalue weighted by molar-refractivity contribution is 0.455. The van der Waals surface area contributed by atoms with E-state index >= 15 is 0 Å². The molecule has 0 bridgehead atoms. The molecule has 13 heavy (non-hydrogen) atoms. The lowest BCUT2D eigenvalue weighted by atomic mass is 10.0. The van der Waals surface area contributed by atoms with Crippen LogP contribution in [0.2, 0.25) is 5.02 Å². The minimum atomic E-state index is -0.320. The summed E-state index contributed by atoms with van der Waals surface area (Å²) in [6.07, 6.45) is 1.86. The SMILES string of the molecule is Cc1cc(Cl)cc(C2(N)CC2)c1O. The zero-order valence-corrected chi connectivity index (χ0v) is 8.23. The Hall–Kier alpha value is -0.730. The molecule has 0 saturated heterocycles. The Kier molecular flexibility index (Phi) is 1.79. The van der Waals surface area contributed by atoms with Gasteiger partial charge in [-0.15, -0.1) is 0 Å². The largest absolute Gasteiger partial charge is 0.507 e. The Morgan fingerprint density at radius 1 is 1.46 bits per heavy atom. The number of aryl methyl sites for hydroxylation is 1. The van der Waals surface area contributed by atoms with Crippen LogP contribution >= 0.6 is 11.6 Å². The summed E-state index contributed by atoms with van der Waals surface area (Å²) in [5.74, 6) is 0.296. The summed E-state index contributed by atoms with van der Waals surface area (Å²) in [6, 6.07) is 3.50. The van der Waals surface area contributed by atoms with Gasteiger partial charge in [-0.3, -0.25) is 0 Å². The summed E-state index contributed by atoms with van der Waals surface area (Å²) in [6.45, 7) is 1.83. The molecule has 70 valence electrons. The predicted octanol–water partition coefficient (Wildman–Crippen LogP) is 2.30. The second kappa shape index (κ2) is 2.63. The van der Waals surface area contributed by atoms with Crippen LogP contribution in [0.25, 0.3) is 0 Å². The molecular formula is C10H12ClNO. The number of benzene rings is 1. The van der Waals surface area contributed by atoms with Crippen LogP contribution in [-0.4, -0.2) is 5.11 Å². The Bertz CT molecular complexity index is 358. The highest BCUT2D eigenvalue weighted by molar-refractivity contribution is 6.30. The van der Waals surface area contributed by atoms with Crippen molar-refractivity contribution in [1.82, 2.24) is 0 Å². The molecule has 1 aromatic rings. The molecule has 1 saturated carbocycles. The fourth-order valence-corrected chi connectivity index (χ4v) is 1.79. The first-order valence-electron chi connectivity index (χ1n) is 4.31. The zero-order valence-electron chi connectivity index (χ0n) is 7.47. The average Bonchev–Trinajstić information content (AvgIpc) is 2.77. The number of phenols is 1. The second-order valence-electron chi connectivity index (χ2n) is 3.77. The number of hydrogen-bond acceptors (Lipinski definition) is 2.